The van der Waals surface area contributed by atoms with Crippen LogP contribution in [0.25, 0.3) is 0 Å². The van der Waals surface area contributed by atoms with Gasteiger partial charge in [0, 0.05) is 25.2 Å². The molecule has 1 aliphatic rings. The fourth-order valence-electron chi connectivity index (χ4n) is 3.11. The van der Waals surface area contributed by atoms with E-state index in [1.807, 2.05) is 0 Å². The van der Waals surface area contributed by atoms with E-state index in [4.69, 9.17) is 4.98 Å². The number of nitrogens with zero attached hydrogens (tertiary/aromatic N) is 2. The molecule has 3 nitrogen and oxygen atoms in total. The van der Waals surface area contributed by atoms with Gasteiger partial charge in [-0.2, -0.15) is 0 Å². The molecular weight excluding hydrogens is 258 g/mol. The molecule has 0 spiro atoms. The van der Waals surface area contributed by atoms with Gasteiger partial charge in [0.1, 0.15) is 0 Å². The van der Waals surface area contributed by atoms with E-state index in [0.717, 1.165) is 24.8 Å². The van der Waals surface area contributed by atoms with Crippen molar-refractivity contribution in [2.75, 3.05) is 7.05 Å². The summed E-state index contributed by atoms with van der Waals surface area (Å²) in [7, 11) is 2.26. The van der Waals surface area contributed by atoms with Crippen molar-refractivity contribution in [1.29, 1.82) is 0 Å². The summed E-state index contributed by atoms with van der Waals surface area (Å²) >= 11 is 0. The van der Waals surface area contributed by atoms with E-state index < -0.39 is 0 Å². The molecule has 0 radical (unpaired) electrons. The summed E-state index contributed by atoms with van der Waals surface area (Å²) in [5, 5.41) is 3.44. The lowest BCUT2D eigenvalue weighted by molar-refractivity contribution is 0.210. The van der Waals surface area contributed by atoms with E-state index in [0.29, 0.717) is 6.04 Å². The van der Waals surface area contributed by atoms with Gasteiger partial charge in [0.15, 0.2) is 0 Å². The molecule has 1 saturated carbocycles. The fraction of sp³-hybridized carbons (Fsp3) is 0.722. The van der Waals surface area contributed by atoms with Crippen LogP contribution < -0.4 is 5.32 Å². The largest absolute Gasteiger partial charge is 0.309 e. The molecule has 118 valence electrons. The molecule has 1 aliphatic carbocycles. The smallest absolute Gasteiger partial charge is 0.0547 e. The van der Waals surface area contributed by atoms with Gasteiger partial charge in [0.05, 0.1) is 11.4 Å². The van der Waals surface area contributed by atoms with Crippen LogP contribution in [0.3, 0.4) is 0 Å². The molecule has 1 aromatic rings. The number of hydrogen-bond donors (Lipinski definition) is 1. The molecule has 0 unspecified atom stereocenters. The van der Waals surface area contributed by atoms with E-state index in [2.05, 4.69) is 49.3 Å². The number of rotatable bonds is 6. The molecule has 21 heavy (non-hydrogen) atoms. The zero-order valence-electron chi connectivity index (χ0n) is 13.9. The molecule has 0 amide bonds. The number of hydrogen-bond acceptors (Lipinski definition) is 3. The Bertz CT molecular complexity index is 409. The molecule has 1 aromatic heterocycles. The van der Waals surface area contributed by atoms with Gasteiger partial charge in [-0.25, -0.2) is 0 Å². The quantitative estimate of drug-likeness (QED) is 0.809. The predicted molar refractivity (Wildman–Crippen MR) is 89.2 cm³/mol. The van der Waals surface area contributed by atoms with E-state index in [-0.39, 0.29) is 0 Å². The third kappa shape index (κ3) is 5.76. The third-order valence-corrected chi connectivity index (χ3v) is 4.42. The lowest BCUT2D eigenvalue weighted by Gasteiger charge is -2.26. The van der Waals surface area contributed by atoms with Crippen LogP contribution in [0.1, 0.15) is 63.8 Å². The molecule has 0 aliphatic heterocycles. The van der Waals surface area contributed by atoms with Gasteiger partial charge < -0.3 is 5.32 Å². The van der Waals surface area contributed by atoms with Crippen molar-refractivity contribution in [1.82, 2.24) is 15.2 Å². The predicted octanol–water partition coefficient (Wildman–Crippen LogP) is 3.73. The monoisotopic (exact) mass is 289 g/mol. The lowest BCUT2D eigenvalue weighted by atomic mass is 10.1. The first-order valence-electron chi connectivity index (χ1n) is 8.53. The van der Waals surface area contributed by atoms with Crippen molar-refractivity contribution >= 4 is 0 Å². The summed E-state index contributed by atoms with van der Waals surface area (Å²) in [5.74, 6) is 0. The Kier molecular flexibility index (Phi) is 6.65. The van der Waals surface area contributed by atoms with E-state index in [9.17, 15) is 0 Å². The topological polar surface area (TPSA) is 28.2 Å². The van der Waals surface area contributed by atoms with Crippen molar-refractivity contribution in [3.63, 3.8) is 0 Å². The molecule has 0 bridgehead atoms. The van der Waals surface area contributed by atoms with Crippen LogP contribution in [-0.2, 0) is 13.1 Å². The van der Waals surface area contributed by atoms with Crippen molar-refractivity contribution in [2.24, 2.45) is 0 Å². The number of aromatic nitrogens is 1. The highest BCUT2D eigenvalue weighted by atomic mass is 15.1. The fourth-order valence-corrected chi connectivity index (χ4v) is 3.11. The standard InChI is InChI=1S/C18H31N3/c1-15(2)19-13-16-9-8-10-17(20-16)14-21(3)18-11-6-4-5-7-12-18/h8-10,15,18-19H,4-7,11-14H2,1-3H3. The molecule has 2 rings (SSSR count). The first kappa shape index (κ1) is 16.4. The molecule has 1 fully saturated rings. The van der Waals surface area contributed by atoms with Crippen molar-refractivity contribution < 1.29 is 0 Å². The van der Waals surface area contributed by atoms with Crippen LogP contribution in [-0.4, -0.2) is 29.0 Å². The van der Waals surface area contributed by atoms with Crippen LogP contribution in [0.4, 0.5) is 0 Å². The summed E-state index contributed by atoms with van der Waals surface area (Å²) in [5.41, 5.74) is 2.35. The highest BCUT2D eigenvalue weighted by Crippen LogP contribution is 2.22. The van der Waals surface area contributed by atoms with Gasteiger partial charge in [0.2, 0.25) is 0 Å². The second-order valence-corrected chi connectivity index (χ2v) is 6.72. The van der Waals surface area contributed by atoms with Crippen LogP contribution in [0.2, 0.25) is 0 Å². The Morgan fingerprint density at radius 3 is 2.48 bits per heavy atom. The van der Waals surface area contributed by atoms with Crippen molar-refractivity contribution in [2.45, 2.75) is 77.5 Å². The average molecular weight is 289 g/mol. The number of nitrogens with one attached hydrogen (secondary N) is 1. The van der Waals surface area contributed by atoms with E-state index in [1.54, 1.807) is 0 Å². The van der Waals surface area contributed by atoms with Gasteiger partial charge in [-0.05, 0) is 32.0 Å². The van der Waals surface area contributed by atoms with Crippen molar-refractivity contribution in [3.8, 4) is 0 Å². The summed E-state index contributed by atoms with van der Waals surface area (Å²) in [6.07, 6.45) is 8.32. The lowest BCUT2D eigenvalue weighted by Crippen LogP contribution is -2.31. The van der Waals surface area contributed by atoms with Gasteiger partial charge in [-0.3, -0.25) is 9.88 Å². The van der Waals surface area contributed by atoms with E-state index >= 15 is 0 Å². The highest BCUT2D eigenvalue weighted by Gasteiger charge is 2.17. The van der Waals surface area contributed by atoms with Crippen molar-refractivity contribution in [3.05, 3.63) is 29.6 Å². The first-order chi connectivity index (χ1) is 10.1. The van der Waals surface area contributed by atoms with Crippen LogP contribution >= 0.6 is 0 Å². The Hall–Kier alpha value is -0.930. The minimum absolute atomic E-state index is 0.504. The minimum atomic E-state index is 0.504. The molecule has 1 heterocycles. The Labute approximate surface area is 130 Å². The molecular formula is C18H31N3. The molecule has 1 N–H and O–H groups in total. The average Bonchev–Trinajstić information content (AvgIpc) is 2.74. The van der Waals surface area contributed by atoms with Crippen LogP contribution in [0, 0.1) is 0 Å². The zero-order valence-corrected chi connectivity index (χ0v) is 13.9. The second kappa shape index (κ2) is 8.50. The normalized spacial score (nSPS) is 17.4. The van der Waals surface area contributed by atoms with Gasteiger partial charge >= 0.3 is 0 Å². The molecule has 0 aromatic carbocycles. The molecule has 0 atom stereocenters. The summed E-state index contributed by atoms with van der Waals surface area (Å²) < 4.78 is 0. The number of pyridine rings is 1. The highest BCUT2D eigenvalue weighted by molar-refractivity contribution is 5.11. The maximum atomic E-state index is 4.80. The maximum absolute atomic E-state index is 4.80. The zero-order chi connectivity index (χ0) is 15.1. The summed E-state index contributed by atoms with van der Waals surface area (Å²) in [4.78, 5) is 7.31. The Balaban J connectivity index is 1.90. The first-order valence-corrected chi connectivity index (χ1v) is 8.53. The third-order valence-electron chi connectivity index (χ3n) is 4.42. The van der Waals surface area contributed by atoms with Gasteiger partial charge in [-0.15, -0.1) is 0 Å². The van der Waals surface area contributed by atoms with Gasteiger partial charge in [0.25, 0.3) is 0 Å². The Morgan fingerprint density at radius 2 is 1.81 bits per heavy atom. The van der Waals surface area contributed by atoms with Crippen LogP contribution in [0.5, 0.6) is 0 Å². The van der Waals surface area contributed by atoms with Crippen LogP contribution in [0.15, 0.2) is 18.2 Å². The molecule has 0 saturated heterocycles. The molecule has 3 heteroatoms. The second-order valence-electron chi connectivity index (χ2n) is 6.72. The minimum Gasteiger partial charge on any atom is -0.309 e. The van der Waals surface area contributed by atoms with Gasteiger partial charge in [-0.1, -0.05) is 45.6 Å². The maximum Gasteiger partial charge on any atom is 0.0547 e. The summed E-state index contributed by atoms with van der Waals surface area (Å²) in [6.45, 7) is 6.17. The van der Waals surface area contributed by atoms with E-state index in [1.165, 1.54) is 44.2 Å². The SMILES string of the molecule is CC(C)NCc1cccc(CN(C)C2CCCCCC2)n1. The Morgan fingerprint density at radius 1 is 1.14 bits per heavy atom. The summed E-state index contributed by atoms with van der Waals surface area (Å²) in [6, 6.07) is 7.66.